The molecule has 4 rings (SSSR count). The van der Waals surface area contributed by atoms with E-state index in [0.717, 1.165) is 12.4 Å². The minimum Gasteiger partial charge on any atom is -0.508 e. The number of fused-ring (bicyclic) bond motifs is 1. The molecule has 2 atom stereocenters. The van der Waals surface area contributed by atoms with Gasteiger partial charge in [0.15, 0.2) is 5.82 Å². The lowest BCUT2D eigenvalue weighted by Crippen LogP contribution is -2.09. The third-order valence-corrected chi connectivity index (χ3v) is 3.88. The number of phenolic OH excluding ortho intramolecular Hbond substituents is 1. The first-order chi connectivity index (χ1) is 11.0. The van der Waals surface area contributed by atoms with Crippen molar-refractivity contribution in [1.29, 1.82) is 0 Å². The van der Waals surface area contributed by atoms with Crippen molar-refractivity contribution in [3.63, 3.8) is 0 Å². The zero-order valence-electron chi connectivity index (χ0n) is 11.8. The number of phenols is 1. The number of carbonyl (C=O) groups excluding carboxylic acids is 1. The summed E-state index contributed by atoms with van der Waals surface area (Å²) in [6, 6.07) is 5.66. The highest BCUT2D eigenvalue weighted by Gasteiger charge is 2.44. The van der Waals surface area contributed by atoms with Crippen LogP contribution < -0.4 is 0 Å². The van der Waals surface area contributed by atoms with E-state index in [2.05, 4.69) is 9.97 Å². The molecule has 0 unspecified atom stereocenters. The fourth-order valence-electron chi connectivity index (χ4n) is 2.61. The molecule has 5 nitrogen and oxygen atoms in total. The first-order valence-corrected chi connectivity index (χ1v) is 7.06. The lowest BCUT2D eigenvalue weighted by Gasteiger charge is -2.04. The number of imidazole rings is 1. The minimum atomic E-state index is -1.05. The number of carbonyl (C=O) groups is 1. The van der Waals surface area contributed by atoms with E-state index in [1.54, 1.807) is 0 Å². The minimum absolute atomic E-state index is 0.0265. The van der Waals surface area contributed by atoms with E-state index in [0.29, 0.717) is 17.7 Å². The average molecular weight is 315 g/mol. The van der Waals surface area contributed by atoms with Crippen molar-refractivity contribution in [2.45, 2.75) is 18.5 Å². The summed E-state index contributed by atoms with van der Waals surface area (Å²) in [7, 11) is 0. The lowest BCUT2D eigenvalue weighted by atomic mass is 10.0. The summed E-state index contributed by atoms with van der Waals surface area (Å²) in [6.07, 6.45) is 1.36. The van der Waals surface area contributed by atoms with Gasteiger partial charge in [-0.2, -0.15) is 0 Å². The Hall–Kier alpha value is -2.83. The van der Waals surface area contributed by atoms with E-state index < -0.39 is 23.7 Å². The summed E-state index contributed by atoms with van der Waals surface area (Å²) >= 11 is 0. The van der Waals surface area contributed by atoms with Crippen LogP contribution in [0, 0.1) is 5.82 Å². The molecule has 0 spiro atoms. The summed E-state index contributed by atoms with van der Waals surface area (Å²) in [6.45, 7) is 0. The molecule has 0 radical (unpaired) electrons. The average Bonchev–Trinajstić information content (AvgIpc) is 3.14. The van der Waals surface area contributed by atoms with E-state index in [4.69, 9.17) is 0 Å². The largest absolute Gasteiger partial charge is 0.508 e. The molecule has 0 aliphatic heterocycles. The smallest absolute Gasteiger partial charge is 0.234 e. The number of benzene rings is 1. The van der Waals surface area contributed by atoms with Crippen LogP contribution in [-0.4, -0.2) is 31.4 Å². The van der Waals surface area contributed by atoms with Gasteiger partial charge in [-0.25, -0.2) is 18.7 Å². The molecule has 1 fully saturated rings. The van der Waals surface area contributed by atoms with Crippen molar-refractivity contribution in [2.24, 2.45) is 0 Å². The fraction of sp³-hybridized carbons (Fsp3) is 0.188. The van der Waals surface area contributed by atoms with Gasteiger partial charge >= 0.3 is 0 Å². The zero-order valence-corrected chi connectivity index (χ0v) is 11.8. The molecule has 7 heteroatoms. The van der Waals surface area contributed by atoms with Gasteiger partial charge in [-0.05, 0) is 30.7 Å². The van der Waals surface area contributed by atoms with Crippen LogP contribution in [-0.2, 0) is 0 Å². The number of aromatic hydroxyl groups is 1. The van der Waals surface area contributed by atoms with Crippen molar-refractivity contribution in [3.05, 3.63) is 59.4 Å². The molecule has 2 heterocycles. The van der Waals surface area contributed by atoms with Crippen LogP contribution in [0.5, 0.6) is 5.75 Å². The first-order valence-electron chi connectivity index (χ1n) is 7.06. The predicted molar refractivity (Wildman–Crippen MR) is 76.7 cm³/mol. The Bertz CT molecular complexity index is 921. The van der Waals surface area contributed by atoms with E-state index in [-0.39, 0.29) is 17.2 Å². The van der Waals surface area contributed by atoms with Gasteiger partial charge in [0.25, 0.3) is 0 Å². The van der Waals surface area contributed by atoms with Crippen molar-refractivity contribution < 1.29 is 18.7 Å². The highest BCUT2D eigenvalue weighted by molar-refractivity contribution is 6.09. The van der Waals surface area contributed by atoms with E-state index in [1.807, 2.05) is 0 Å². The summed E-state index contributed by atoms with van der Waals surface area (Å²) < 4.78 is 28.2. The standard InChI is InChI=1S/C16H11F2N3O2/c17-9-6-19-16-20-13(11-5-12(11)18)14(21(16)7-9)15(23)8-1-3-10(22)4-2-8/h1-4,6-7,11-12,22H,5H2/t11-,12+/m1/s1. The predicted octanol–water partition coefficient (Wildman–Crippen LogP) is 2.63. The van der Waals surface area contributed by atoms with Gasteiger partial charge in [0.05, 0.1) is 18.1 Å². The number of hydrogen-bond acceptors (Lipinski definition) is 4. The Kier molecular flexibility index (Phi) is 2.90. The molecule has 1 aliphatic carbocycles. The number of alkyl halides is 1. The summed E-state index contributed by atoms with van der Waals surface area (Å²) in [5, 5.41) is 9.33. The number of ketones is 1. The molecule has 0 saturated heterocycles. The fourth-order valence-corrected chi connectivity index (χ4v) is 2.61. The Balaban J connectivity index is 1.91. The van der Waals surface area contributed by atoms with Crippen molar-refractivity contribution >= 4 is 11.6 Å². The quantitative estimate of drug-likeness (QED) is 0.755. The maximum Gasteiger partial charge on any atom is 0.234 e. The second-order valence-electron chi connectivity index (χ2n) is 5.52. The van der Waals surface area contributed by atoms with Gasteiger partial charge < -0.3 is 5.11 Å². The number of halogens is 2. The molecule has 1 aliphatic rings. The third kappa shape index (κ3) is 2.25. The number of aromatic nitrogens is 3. The SMILES string of the molecule is O=C(c1ccc(O)cc1)c1c([C@@H]2C[C@@H]2F)nc2ncc(F)cn12. The molecule has 2 aromatic heterocycles. The topological polar surface area (TPSA) is 67.5 Å². The molecule has 1 N–H and O–H groups in total. The lowest BCUT2D eigenvalue weighted by molar-refractivity contribution is 0.103. The summed E-state index contributed by atoms with van der Waals surface area (Å²) in [5.41, 5.74) is 0.711. The molecule has 0 amide bonds. The van der Waals surface area contributed by atoms with Crippen molar-refractivity contribution in [3.8, 4) is 5.75 Å². The van der Waals surface area contributed by atoms with E-state index in [1.165, 1.54) is 28.7 Å². The number of hydrogen-bond donors (Lipinski definition) is 1. The number of rotatable bonds is 3. The Morgan fingerprint density at radius 2 is 2.00 bits per heavy atom. The Labute approximate surface area is 129 Å². The molecule has 116 valence electrons. The maximum atomic E-state index is 13.5. The highest BCUT2D eigenvalue weighted by Crippen LogP contribution is 2.44. The van der Waals surface area contributed by atoms with Gasteiger partial charge in [0.2, 0.25) is 11.6 Å². The van der Waals surface area contributed by atoms with Gasteiger partial charge in [-0.1, -0.05) is 0 Å². The molecule has 3 aromatic rings. The van der Waals surface area contributed by atoms with Crippen LogP contribution in [0.2, 0.25) is 0 Å². The molecule has 23 heavy (non-hydrogen) atoms. The van der Waals surface area contributed by atoms with Gasteiger partial charge in [0.1, 0.15) is 17.6 Å². The molecular formula is C16H11F2N3O2. The maximum absolute atomic E-state index is 13.5. The molecule has 1 saturated carbocycles. The third-order valence-electron chi connectivity index (χ3n) is 3.88. The molecule has 1 aromatic carbocycles. The summed E-state index contributed by atoms with van der Waals surface area (Å²) in [4.78, 5) is 20.8. The second-order valence-corrected chi connectivity index (χ2v) is 5.52. The van der Waals surface area contributed by atoms with Crippen LogP contribution in [0.1, 0.15) is 34.1 Å². The van der Waals surface area contributed by atoms with Crippen LogP contribution in [0.25, 0.3) is 5.78 Å². The van der Waals surface area contributed by atoms with Crippen LogP contribution in [0.3, 0.4) is 0 Å². The number of nitrogens with zero attached hydrogens (tertiary/aromatic N) is 3. The normalized spacial score (nSPS) is 19.9. The molecular weight excluding hydrogens is 304 g/mol. The van der Waals surface area contributed by atoms with Crippen molar-refractivity contribution in [2.75, 3.05) is 0 Å². The van der Waals surface area contributed by atoms with Gasteiger partial charge in [0, 0.05) is 11.5 Å². The molecule has 0 bridgehead atoms. The van der Waals surface area contributed by atoms with Crippen molar-refractivity contribution in [1.82, 2.24) is 14.4 Å². The second kappa shape index (κ2) is 4.84. The van der Waals surface area contributed by atoms with Gasteiger partial charge in [-0.3, -0.25) is 9.20 Å². The van der Waals surface area contributed by atoms with Crippen LogP contribution in [0.4, 0.5) is 8.78 Å². The Morgan fingerprint density at radius 1 is 1.30 bits per heavy atom. The van der Waals surface area contributed by atoms with Gasteiger partial charge in [-0.15, -0.1) is 0 Å². The van der Waals surface area contributed by atoms with E-state index >= 15 is 0 Å². The zero-order chi connectivity index (χ0) is 16.1. The summed E-state index contributed by atoms with van der Waals surface area (Å²) in [5.74, 6) is -1.31. The highest BCUT2D eigenvalue weighted by atomic mass is 19.1. The van der Waals surface area contributed by atoms with E-state index in [9.17, 15) is 18.7 Å². The van der Waals surface area contributed by atoms with Crippen LogP contribution in [0.15, 0.2) is 36.7 Å². The first kappa shape index (κ1) is 13.8. The van der Waals surface area contributed by atoms with Crippen LogP contribution >= 0.6 is 0 Å². The monoisotopic (exact) mass is 315 g/mol. The Morgan fingerprint density at radius 3 is 2.65 bits per heavy atom.